The Morgan fingerprint density at radius 3 is 2.56 bits per heavy atom. The van der Waals surface area contributed by atoms with E-state index in [0.29, 0.717) is 5.41 Å². The monoisotopic (exact) mass is 332 g/mol. The van der Waals surface area contributed by atoms with E-state index in [4.69, 9.17) is 4.74 Å². The predicted octanol–water partition coefficient (Wildman–Crippen LogP) is 4.63. The second-order valence-electron chi connectivity index (χ2n) is 6.83. The lowest BCUT2D eigenvalue weighted by atomic mass is 9.67. The third-order valence-corrected chi connectivity index (χ3v) is 7.37. The van der Waals surface area contributed by atoms with Crippen LogP contribution < -0.4 is 0 Å². The molecule has 1 spiro atoms. The van der Waals surface area contributed by atoms with Crippen LogP contribution in [0.25, 0.3) is 0 Å². The smallest absolute Gasteiger partial charge is 0.0701 e. The Balaban J connectivity index is 1.70. The molecule has 3 heteroatoms. The van der Waals surface area contributed by atoms with Crippen LogP contribution in [0.3, 0.4) is 0 Å². The van der Waals surface area contributed by atoms with Crippen LogP contribution in [0, 0.1) is 11.3 Å². The minimum atomic E-state index is 0.265. The van der Waals surface area contributed by atoms with Crippen molar-refractivity contribution in [2.75, 3.05) is 18.1 Å². The fourth-order valence-corrected chi connectivity index (χ4v) is 6.49. The third-order valence-electron chi connectivity index (χ3n) is 5.60. The molecule has 1 nitrogen and oxygen atoms in total. The zero-order chi connectivity index (χ0) is 12.6. The molecule has 3 aliphatic rings. The van der Waals surface area contributed by atoms with Gasteiger partial charge in [0, 0.05) is 11.4 Å². The molecule has 2 aliphatic heterocycles. The molecule has 3 atom stereocenters. The molecule has 0 aromatic carbocycles. The van der Waals surface area contributed by atoms with Gasteiger partial charge in [0.25, 0.3) is 0 Å². The number of alkyl halides is 1. The number of ether oxygens (including phenoxy) is 1. The van der Waals surface area contributed by atoms with Crippen molar-refractivity contribution in [2.45, 2.75) is 62.3 Å². The molecule has 3 rings (SSSR count). The van der Waals surface area contributed by atoms with Crippen LogP contribution in [0.1, 0.15) is 51.9 Å². The van der Waals surface area contributed by atoms with Crippen LogP contribution in [0.15, 0.2) is 0 Å². The number of halogens is 1. The van der Waals surface area contributed by atoms with Crippen molar-refractivity contribution in [3.05, 3.63) is 0 Å². The molecule has 0 radical (unpaired) electrons. The van der Waals surface area contributed by atoms with Gasteiger partial charge in [-0.25, -0.2) is 0 Å². The summed E-state index contributed by atoms with van der Waals surface area (Å²) >= 11 is 5.94. The van der Waals surface area contributed by atoms with E-state index in [-0.39, 0.29) is 5.60 Å². The molecular formula is C15H25BrOS. The molecule has 0 bridgehead atoms. The summed E-state index contributed by atoms with van der Waals surface area (Å²) in [5, 5.41) is 0. The summed E-state index contributed by atoms with van der Waals surface area (Å²) in [4.78, 5) is 0.767. The first-order chi connectivity index (χ1) is 8.62. The second kappa shape index (κ2) is 5.29. The Morgan fingerprint density at radius 2 is 1.89 bits per heavy atom. The van der Waals surface area contributed by atoms with Gasteiger partial charge >= 0.3 is 0 Å². The van der Waals surface area contributed by atoms with Gasteiger partial charge in [-0.05, 0) is 67.8 Å². The maximum atomic E-state index is 6.24. The van der Waals surface area contributed by atoms with Crippen LogP contribution in [0.2, 0.25) is 0 Å². The largest absolute Gasteiger partial charge is 0.375 e. The molecule has 3 fully saturated rings. The van der Waals surface area contributed by atoms with E-state index in [1.807, 2.05) is 0 Å². The fourth-order valence-electron chi connectivity index (χ4n) is 4.28. The predicted molar refractivity (Wildman–Crippen MR) is 82.6 cm³/mol. The molecular weight excluding hydrogens is 308 g/mol. The van der Waals surface area contributed by atoms with Crippen molar-refractivity contribution in [3.8, 4) is 0 Å². The SMILES string of the molecule is CC1(C2CCOC3(CCSCC3)C2)CCC(Br)C1. The lowest BCUT2D eigenvalue weighted by molar-refractivity contribution is -0.121. The van der Waals surface area contributed by atoms with Crippen molar-refractivity contribution in [1.29, 1.82) is 0 Å². The van der Waals surface area contributed by atoms with Gasteiger partial charge in [0.2, 0.25) is 0 Å². The minimum absolute atomic E-state index is 0.265. The van der Waals surface area contributed by atoms with E-state index in [1.54, 1.807) is 0 Å². The maximum absolute atomic E-state index is 6.24. The first-order valence-electron chi connectivity index (χ1n) is 7.48. The van der Waals surface area contributed by atoms with Crippen LogP contribution in [0.5, 0.6) is 0 Å². The summed E-state index contributed by atoms with van der Waals surface area (Å²) in [5.74, 6) is 3.52. The van der Waals surface area contributed by atoms with Crippen LogP contribution in [0.4, 0.5) is 0 Å². The number of hydrogen-bond donors (Lipinski definition) is 0. The lowest BCUT2D eigenvalue weighted by Crippen LogP contribution is -2.46. The first-order valence-corrected chi connectivity index (χ1v) is 9.55. The standard InChI is InChI=1S/C15H25BrOS/c1-14(4-2-13(16)11-14)12-3-7-17-15(10-12)5-8-18-9-6-15/h12-13H,2-11H2,1H3. The fraction of sp³-hybridized carbons (Fsp3) is 1.00. The van der Waals surface area contributed by atoms with Gasteiger partial charge in [-0.15, -0.1) is 0 Å². The molecule has 0 aromatic rings. The van der Waals surface area contributed by atoms with E-state index in [1.165, 1.54) is 56.5 Å². The zero-order valence-electron chi connectivity index (χ0n) is 11.4. The van der Waals surface area contributed by atoms with Crippen LogP contribution >= 0.6 is 27.7 Å². The van der Waals surface area contributed by atoms with E-state index in [9.17, 15) is 0 Å². The average Bonchev–Trinajstić information content (AvgIpc) is 2.72. The number of thioether (sulfide) groups is 1. The quantitative estimate of drug-likeness (QED) is 0.647. The number of hydrogen-bond acceptors (Lipinski definition) is 2. The Labute approximate surface area is 124 Å². The highest BCUT2D eigenvalue weighted by Crippen LogP contribution is 2.53. The van der Waals surface area contributed by atoms with Gasteiger partial charge in [0.05, 0.1) is 5.60 Å². The molecule has 1 saturated carbocycles. The molecule has 3 unspecified atom stereocenters. The molecule has 0 N–H and O–H groups in total. The Kier molecular flexibility index (Phi) is 4.04. The Morgan fingerprint density at radius 1 is 1.11 bits per heavy atom. The van der Waals surface area contributed by atoms with Crippen LogP contribution in [-0.4, -0.2) is 28.5 Å². The highest BCUT2D eigenvalue weighted by Gasteiger charge is 2.47. The van der Waals surface area contributed by atoms with Gasteiger partial charge < -0.3 is 4.74 Å². The maximum Gasteiger partial charge on any atom is 0.0701 e. The normalized spacial score (nSPS) is 44.3. The van der Waals surface area contributed by atoms with Crippen molar-refractivity contribution in [3.63, 3.8) is 0 Å². The van der Waals surface area contributed by atoms with E-state index < -0.39 is 0 Å². The summed E-state index contributed by atoms with van der Waals surface area (Å²) in [6.45, 7) is 3.55. The van der Waals surface area contributed by atoms with E-state index in [0.717, 1.165) is 17.4 Å². The average molecular weight is 333 g/mol. The van der Waals surface area contributed by atoms with Gasteiger partial charge in [0.1, 0.15) is 0 Å². The summed E-state index contributed by atoms with van der Waals surface area (Å²) < 4.78 is 6.24. The number of rotatable bonds is 1. The summed E-state index contributed by atoms with van der Waals surface area (Å²) in [7, 11) is 0. The molecule has 2 saturated heterocycles. The topological polar surface area (TPSA) is 9.23 Å². The van der Waals surface area contributed by atoms with E-state index in [2.05, 4.69) is 34.6 Å². The first kappa shape index (κ1) is 13.8. The van der Waals surface area contributed by atoms with Gasteiger partial charge in [-0.1, -0.05) is 22.9 Å². The highest BCUT2D eigenvalue weighted by atomic mass is 79.9. The van der Waals surface area contributed by atoms with Gasteiger partial charge in [-0.2, -0.15) is 11.8 Å². The Bertz CT molecular complexity index is 297. The minimum Gasteiger partial charge on any atom is -0.375 e. The van der Waals surface area contributed by atoms with E-state index >= 15 is 0 Å². The third kappa shape index (κ3) is 2.64. The molecule has 0 aromatic heterocycles. The molecule has 0 amide bonds. The highest BCUT2D eigenvalue weighted by molar-refractivity contribution is 9.09. The molecule has 2 heterocycles. The molecule has 1 aliphatic carbocycles. The molecule has 104 valence electrons. The van der Waals surface area contributed by atoms with Crippen molar-refractivity contribution in [2.24, 2.45) is 11.3 Å². The summed E-state index contributed by atoms with van der Waals surface area (Å²) in [6, 6.07) is 0. The Hall–Kier alpha value is 0.790. The van der Waals surface area contributed by atoms with Crippen molar-refractivity contribution < 1.29 is 4.74 Å². The van der Waals surface area contributed by atoms with Gasteiger partial charge in [0.15, 0.2) is 0 Å². The van der Waals surface area contributed by atoms with Gasteiger partial charge in [-0.3, -0.25) is 0 Å². The van der Waals surface area contributed by atoms with Crippen molar-refractivity contribution in [1.82, 2.24) is 0 Å². The summed E-state index contributed by atoms with van der Waals surface area (Å²) in [5.41, 5.74) is 0.844. The zero-order valence-corrected chi connectivity index (χ0v) is 13.8. The van der Waals surface area contributed by atoms with Crippen molar-refractivity contribution >= 4 is 27.7 Å². The molecule has 18 heavy (non-hydrogen) atoms. The summed E-state index contributed by atoms with van der Waals surface area (Å²) in [6.07, 6.45) is 9.39. The second-order valence-corrected chi connectivity index (χ2v) is 9.35. The lowest BCUT2D eigenvalue weighted by Gasteiger charge is -2.48. The van der Waals surface area contributed by atoms with Crippen LogP contribution in [-0.2, 0) is 4.74 Å².